The van der Waals surface area contributed by atoms with Crippen molar-refractivity contribution in [2.24, 2.45) is 5.41 Å². The number of hydrogen-bond acceptors (Lipinski definition) is 4. The molecule has 1 saturated heterocycles. The number of aryl methyl sites for hydroxylation is 1. The lowest BCUT2D eigenvalue weighted by Crippen LogP contribution is -2.53. The Hall–Kier alpha value is -1.43. The molecule has 1 unspecified atom stereocenters. The molecule has 1 aromatic rings. The molecule has 0 radical (unpaired) electrons. The summed E-state index contributed by atoms with van der Waals surface area (Å²) in [6, 6.07) is 8.35. The van der Waals surface area contributed by atoms with Crippen LogP contribution in [0.5, 0.6) is 0 Å². The van der Waals surface area contributed by atoms with Gasteiger partial charge in [-0.25, -0.2) is 0 Å². The molecule has 0 aromatic heterocycles. The number of hydrogen-bond donors (Lipinski definition) is 3. The topological polar surface area (TPSA) is 72.8 Å². The van der Waals surface area contributed by atoms with Gasteiger partial charge in [-0.05, 0) is 30.9 Å². The maximum atomic E-state index is 12.9. The average Bonchev–Trinajstić information content (AvgIpc) is 2.55. The fraction of sp³-hybridized carbons (Fsp3) is 0.611. The van der Waals surface area contributed by atoms with Crippen molar-refractivity contribution >= 4 is 5.91 Å². The maximum Gasteiger partial charge on any atom is 0.228 e. The van der Waals surface area contributed by atoms with E-state index in [4.69, 9.17) is 0 Å². The highest BCUT2D eigenvalue weighted by molar-refractivity contribution is 5.82. The number of nitrogens with zero attached hydrogens (tertiary/aromatic N) is 1. The second-order valence-electron chi connectivity index (χ2n) is 6.62. The molecular weight excluding hydrogens is 292 g/mol. The minimum Gasteiger partial charge on any atom is -0.396 e. The zero-order valence-electron chi connectivity index (χ0n) is 14.1. The van der Waals surface area contributed by atoms with Gasteiger partial charge in [0, 0.05) is 32.8 Å². The Labute approximate surface area is 138 Å². The highest BCUT2D eigenvalue weighted by Gasteiger charge is 2.37. The van der Waals surface area contributed by atoms with E-state index in [9.17, 15) is 15.0 Å². The summed E-state index contributed by atoms with van der Waals surface area (Å²) in [6.07, 6.45) is 0.761. The van der Waals surface area contributed by atoms with Gasteiger partial charge in [-0.3, -0.25) is 4.79 Å². The van der Waals surface area contributed by atoms with Crippen LogP contribution < -0.4 is 5.32 Å². The highest BCUT2D eigenvalue weighted by atomic mass is 16.3. The number of aliphatic hydroxyl groups is 2. The normalized spacial score (nSPS) is 19.0. The molecule has 2 rings (SSSR count). The summed E-state index contributed by atoms with van der Waals surface area (Å²) >= 11 is 0. The molecule has 1 atom stereocenters. The van der Waals surface area contributed by atoms with E-state index in [0.29, 0.717) is 25.9 Å². The van der Waals surface area contributed by atoms with Crippen LogP contribution in [0.4, 0.5) is 0 Å². The molecule has 1 amide bonds. The molecular formula is C18H28N2O3. The van der Waals surface area contributed by atoms with Gasteiger partial charge in [0.05, 0.1) is 11.5 Å². The molecule has 0 spiro atoms. The third-order valence-corrected chi connectivity index (χ3v) is 4.87. The molecule has 5 heteroatoms. The van der Waals surface area contributed by atoms with Gasteiger partial charge in [0.15, 0.2) is 0 Å². The largest absolute Gasteiger partial charge is 0.396 e. The number of benzene rings is 1. The number of carbonyl (C=O) groups is 1. The van der Waals surface area contributed by atoms with E-state index in [1.54, 1.807) is 0 Å². The van der Waals surface area contributed by atoms with Gasteiger partial charge in [0.1, 0.15) is 0 Å². The van der Waals surface area contributed by atoms with Gasteiger partial charge in [0.2, 0.25) is 5.91 Å². The van der Waals surface area contributed by atoms with Crippen LogP contribution in [-0.4, -0.2) is 53.9 Å². The summed E-state index contributed by atoms with van der Waals surface area (Å²) in [5.41, 5.74) is 1.74. The predicted octanol–water partition coefficient (Wildman–Crippen LogP) is 1.24. The summed E-state index contributed by atoms with van der Waals surface area (Å²) < 4.78 is 0. The van der Waals surface area contributed by atoms with Crippen molar-refractivity contribution < 1.29 is 15.0 Å². The molecule has 1 aliphatic heterocycles. The monoisotopic (exact) mass is 320 g/mol. The predicted molar refractivity (Wildman–Crippen MR) is 90.0 cm³/mol. The second kappa shape index (κ2) is 7.90. The molecule has 1 fully saturated rings. The van der Waals surface area contributed by atoms with Crippen molar-refractivity contribution in [1.82, 2.24) is 10.2 Å². The number of rotatable bonds is 6. The molecule has 0 bridgehead atoms. The number of amides is 1. The summed E-state index contributed by atoms with van der Waals surface area (Å²) in [5, 5.41) is 22.0. The first-order valence-electron chi connectivity index (χ1n) is 8.32. The highest BCUT2D eigenvalue weighted by Crippen LogP contribution is 2.30. The third kappa shape index (κ3) is 4.10. The van der Waals surface area contributed by atoms with Crippen molar-refractivity contribution in [3.05, 3.63) is 35.4 Å². The van der Waals surface area contributed by atoms with Crippen LogP contribution in [0.15, 0.2) is 24.3 Å². The lowest BCUT2D eigenvalue weighted by molar-refractivity contribution is -0.144. The number of carbonyl (C=O) groups excluding carboxylic acids is 1. The number of piperazine rings is 1. The van der Waals surface area contributed by atoms with Crippen molar-refractivity contribution in [2.45, 2.75) is 32.7 Å². The van der Waals surface area contributed by atoms with E-state index in [1.807, 2.05) is 24.0 Å². The van der Waals surface area contributed by atoms with Crippen molar-refractivity contribution in [2.75, 3.05) is 32.8 Å². The maximum absolute atomic E-state index is 12.9. The molecule has 1 aliphatic rings. The summed E-state index contributed by atoms with van der Waals surface area (Å²) in [5.74, 6) is 0.0284. The molecule has 3 N–H and O–H groups in total. The summed E-state index contributed by atoms with van der Waals surface area (Å²) in [6.45, 7) is 5.86. The first kappa shape index (κ1) is 17.9. The quantitative estimate of drug-likeness (QED) is 0.737. The third-order valence-electron chi connectivity index (χ3n) is 4.87. The fourth-order valence-electron chi connectivity index (χ4n) is 3.33. The number of nitrogens with one attached hydrogen (secondary N) is 1. The van der Waals surface area contributed by atoms with Gasteiger partial charge in [-0.1, -0.05) is 31.2 Å². The van der Waals surface area contributed by atoms with Crippen LogP contribution in [0.2, 0.25) is 0 Å². The minimum atomic E-state index is -0.697. The van der Waals surface area contributed by atoms with Gasteiger partial charge in [0.25, 0.3) is 0 Å². The Kier molecular flexibility index (Phi) is 6.16. The summed E-state index contributed by atoms with van der Waals surface area (Å²) in [7, 11) is 0. The zero-order valence-corrected chi connectivity index (χ0v) is 14.1. The zero-order chi connectivity index (χ0) is 16.9. The Morgan fingerprint density at radius 1 is 1.30 bits per heavy atom. The lowest BCUT2D eigenvalue weighted by Gasteiger charge is -2.39. The van der Waals surface area contributed by atoms with Gasteiger partial charge in [-0.15, -0.1) is 0 Å². The van der Waals surface area contributed by atoms with Crippen LogP contribution in [0.25, 0.3) is 0 Å². The molecule has 1 heterocycles. The smallest absolute Gasteiger partial charge is 0.228 e. The van der Waals surface area contributed by atoms with Crippen LogP contribution in [-0.2, 0) is 4.79 Å². The molecule has 128 valence electrons. The van der Waals surface area contributed by atoms with E-state index in [-0.39, 0.29) is 25.2 Å². The van der Waals surface area contributed by atoms with E-state index >= 15 is 0 Å². The van der Waals surface area contributed by atoms with Crippen LogP contribution in [0, 0.1) is 12.3 Å². The molecule has 1 aromatic carbocycles. The Bertz CT molecular complexity index is 527. The standard InChI is InChI=1S/C18H28N2O3/c1-14-5-3-4-6-15(14)16-13-20(10-9-19-16)17(23)18(2,7-11-21)8-12-22/h3-6,16,19,21-22H,7-13H2,1-2H3. The minimum absolute atomic E-state index is 0.0284. The van der Waals surface area contributed by atoms with Crippen molar-refractivity contribution in [1.29, 1.82) is 0 Å². The van der Waals surface area contributed by atoms with Crippen LogP contribution in [0.3, 0.4) is 0 Å². The van der Waals surface area contributed by atoms with Gasteiger partial charge in [-0.2, -0.15) is 0 Å². The SMILES string of the molecule is Cc1ccccc1C1CN(C(=O)C(C)(CCO)CCO)CCN1. The van der Waals surface area contributed by atoms with Gasteiger partial charge < -0.3 is 20.4 Å². The second-order valence-corrected chi connectivity index (χ2v) is 6.62. The van der Waals surface area contributed by atoms with Gasteiger partial charge >= 0.3 is 0 Å². The first-order valence-corrected chi connectivity index (χ1v) is 8.32. The lowest BCUT2D eigenvalue weighted by atomic mass is 9.81. The Balaban J connectivity index is 2.14. The molecule has 5 nitrogen and oxygen atoms in total. The van der Waals surface area contributed by atoms with Crippen LogP contribution in [0.1, 0.15) is 36.9 Å². The fourth-order valence-corrected chi connectivity index (χ4v) is 3.33. The van der Waals surface area contributed by atoms with Crippen molar-refractivity contribution in [3.63, 3.8) is 0 Å². The van der Waals surface area contributed by atoms with E-state index in [1.165, 1.54) is 11.1 Å². The molecule has 0 saturated carbocycles. The summed E-state index contributed by atoms with van der Waals surface area (Å²) in [4.78, 5) is 14.8. The van der Waals surface area contributed by atoms with Crippen LogP contribution >= 0.6 is 0 Å². The van der Waals surface area contributed by atoms with E-state index in [2.05, 4.69) is 24.4 Å². The van der Waals surface area contributed by atoms with Crippen molar-refractivity contribution in [3.8, 4) is 0 Å². The molecule has 0 aliphatic carbocycles. The first-order chi connectivity index (χ1) is 11.0. The Morgan fingerprint density at radius 2 is 1.96 bits per heavy atom. The number of aliphatic hydroxyl groups excluding tert-OH is 2. The average molecular weight is 320 g/mol. The molecule has 23 heavy (non-hydrogen) atoms. The van der Waals surface area contributed by atoms with E-state index < -0.39 is 5.41 Å². The Morgan fingerprint density at radius 3 is 2.57 bits per heavy atom. The van der Waals surface area contributed by atoms with E-state index in [0.717, 1.165) is 6.54 Å².